The van der Waals surface area contributed by atoms with Crippen molar-refractivity contribution in [3.63, 3.8) is 0 Å². The van der Waals surface area contributed by atoms with Crippen molar-refractivity contribution in [2.24, 2.45) is 0 Å². The topological polar surface area (TPSA) is 25.4 Å². The van der Waals surface area contributed by atoms with Gasteiger partial charge < -0.3 is 4.74 Å². The summed E-state index contributed by atoms with van der Waals surface area (Å²) in [6.07, 6.45) is 8.50. The van der Waals surface area contributed by atoms with Crippen LogP contribution in [0.5, 0.6) is 5.88 Å². The zero-order valence-electron chi connectivity index (χ0n) is 12.3. The van der Waals surface area contributed by atoms with Crippen LogP contribution in [0.4, 0.5) is 0 Å². The van der Waals surface area contributed by atoms with Crippen molar-refractivity contribution in [3.05, 3.63) is 23.9 Å². The Morgan fingerprint density at radius 3 is 2.89 bits per heavy atom. The van der Waals surface area contributed by atoms with E-state index in [1.54, 1.807) is 0 Å². The lowest BCUT2D eigenvalue weighted by atomic mass is 9.96. The van der Waals surface area contributed by atoms with Crippen molar-refractivity contribution in [3.8, 4) is 5.88 Å². The van der Waals surface area contributed by atoms with Crippen molar-refractivity contribution >= 4 is 0 Å². The third kappa shape index (κ3) is 3.93. The van der Waals surface area contributed by atoms with Crippen molar-refractivity contribution in [1.82, 2.24) is 9.88 Å². The predicted octanol–water partition coefficient (Wildman–Crippen LogP) is 3.81. The van der Waals surface area contributed by atoms with Gasteiger partial charge in [-0.3, -0.25) is 4.90 Å². The van der Waals surface area contributed by atoms with E-state index in [0.717, 1.165) is 5.88 Å². The van der Waals surface area contributed by atoms with E-state index in [1.165, 1.54) is 50.8 Å². The third-order valence-electron chi connectivity index (χ3n) is 3.85. The molecule has 1 aromatic heterocycles. The Morgan fingerprint density at radius 2 is 2.21 bits per heavy atom. The molecule has 1 atom stereocenters. The summed E-state index contributed by atoms with van der Waals surface area (Å²) in [6.45, 7) is 7.38. The molecular formula is C16H26N2O. The molecule has 0 spiro atoms. The van der Waals surface area contributed by atoms with Crippen molar-refractivity contribution in [2.75, 3.05) is 19.7 Å². The first-order valence-electron chi connectivity index (χ1n) is 7.68. The maximum absolute atomic E-state index is 5.42. The molecule has 3 heteroatoms. The first kappa shape index (κ1) is 14.3. The highest BCUT2D eigenvalue weighted by Crippen LogP contribution is 2.31. The average molecular weight is 262 g/mol. The zero-order chi connectivity index (χ0) is 13.5. The molecule has 3 nitrogen and oxygen atoms in total. The number of hydrogen-bond acceptors (Lipinski definition) is 3. The molecule has 0 bridgehead atoms. The van der Waals surface area contributed by atoms with E-state index in [9.17, 15) is 0 Å². The van der Waals surface area contributed by atoms with E-state index >= 15 is 0 Å². The van der Waals surface area contributed by atoms with Gasteiger partial charge in [0.15, 0.2) is 0 Å². The Morgan fingerprint density at radius 1 is 1.32 bits per heavy atom. The first-order chi connectivity index (χ1) is 9.35. The Hall–Kier alpha value is -1.09. The monoisotopic (exact) mass is 262 g/mol. The lowest BCUT2D eigenvalue weighted by Gasteiger charge is -2.35. The lowest BCUT2D eigenvalue weighted by molar-refractivity contribution is 0.146. The minimum absolute atomic E-state index is 0.559. The van der Waals surface area contributed by atoms with Crippen LogP contribution in [0.2, 0.25) is 0 Å². The van der Waals surface area contributed by atoms with E-state index in [4.69, 9.17) is 4.74 Å². The molecule has 19 heavy (non-hydrogen) atoms. The number of pyridine rings is 1. The van der Waals surface area contributed by atoms with Gasteiger partial charge in [0.2, 0.25) is 5.88 Å². The van der Waals surface area contributed by atoms with Gasteiger partial charge in [0.05, 0.1) is 6.61 Å². The molecule has 0 N–H and O–H groups in total. The summed E-state index contributed by atoms with van der Waals surface area (Å²) in [5.41, 5.74) is 1.35. The number of aromatic nitrogens is 1. The SMILES string of the molecule is CCCCN1CCCC[C@H]1c1ccc(OCC)nc1. The highest BCUT2D eigenvalue weighted by molar-refractivity contribution is 5.21. The predicted molar refractivity (Wildman–Crippen MR) is 78.5 cm³/mol. The van der Waals surface area contributed by atoms with Crippen LogP contribution in [0.25, 0.3) is 0 Å². The van der Waals surface area contributed by atoms with Gasteiger partial charge in [0.1, 0.15) is 0 Å². The van der Waals surface area contributed by atoms with Crippen LogP contribution in [0.15, 0.2) is 18.3 Å². The third-order valence-corrected chi connectivity index (χ3v) is 3.85. The average Bonchev–Trinajstić information content (AvgIpc) is 2.47. The van der Waals surface area contributed by atoms with Crippen LogP contribution in [0.1, 0.15) is 57.6 Å². The van der Waals surface area contributed by atoms with E-state index in [-0.39, 0.29) is 0 Å². The van der Waals surface area contributed by atoms with Crippen LogP contribution in [0.3, 0.4) is 0 Å². The fraction of sp³-hybridized carbons (Fsp3) is 0.688. The summed E-state index contributed by atoms with van der Waals surface area (Å²) in [4.78, 5) is 7.04. The summed E-state index contributed by atoms with van der Waals surface area (Å²) in [7, 11) is 0. The number of hydrogen-bond donors (Lipinski definition) is 0. The van der Waals surface area contributed by atoms with Crippen molar-refractivity contribution < 1.29 is 4.74 Å². The molecule has 1 saturated heterocycles. The van der Waals surface area contributed by atoms with Gasteiger partial charge in [-0.1, -0.05) is 25.8 Å². The second kappa shape index (κ2) is 7.49. The van der Waals surface area contributed by atoms with Crippen molar-refractivity contribution in [1.29, 1.82) is 0 Å². The van der Waals surface area contributed by atoms with Crippen LogP contribution in [0, 0.1) is 0 Å². The van der Waals surface area contributed by atoms with Gasteiger partial charge >= 0.3 is 0 Å². The normalized spacial score (nSPS) is 20.4. The molecule has 106 valence electrons. The Balaban J connectivity index is 2.03. The van der Waals surface area contributed by atoms with Gasteiger partial charge in [-0.05, 0) is 44.8 Å². The number of rotatable bonds is 6. The molecule has 1 aliphatic heterocycles. The van der Waals surface area contributed by atoms with E-state index < -0.39 is 0 Å². The summed E-state index contributed by atoms with van der Waals surface area (Å²) < 4.78 is 5.42. The lowest BCUT2D eigenvalue weighted by Crippen LogP contribution is -2.34. The maximum atomic E-state index is 5.42. The first-order valence-corrected chi connectivity index (χ1v) is 7.68. The second-order valence-corrected chi connectivity index (χ2v) is 5.26. The molecule has 0 saturated carbocycles. The number of nitrogens with zero attached hydrogens (tertiary/aromatic N) is 2. The molecular weight excluding hydrogens is 236 g/mol. The van der Waals surface area contributed by atoms with Gasteiger partial charge in [0, 0.05) is 18.3 Å². The summed E-state index contributed by atoms with van der Waals surface area (Å²) in [6, 6.07) is 4.75. The van der Waals surface area contributed by atoms with E-state index in [0.29, 0.717) is 12.6 Å². The molecule has 0 aromatic carbocycles. The molecule has 0 radical (unpaired) electrons. The van der Waals surface area contributed by atoms with E-state index in [2.05, 4.69) is 22.9 Å². The van der Waals surface area contributed by atoms with Crippen LogP contribution in [-0.4, -0.2) is 29.6 Å². The summed E-state index contributed by atoms with van der Waals surface area (Å²) in [5, 5.41) is 0. The molecule has 1 aromatic rings. The summed E-state index contributed by atoms with van der Waals surface area (Å²) >= 11 is 0. The number of unbranched alkanes of at least 4 members (excludes halogenated alkanes) is 1. The smallest absolute Gasteiger partial charge is 0.213 e. The Kier molecular flexibility index (Phi) is 5.64. The van der Waals surface area contributed by atoms with Crippen molar-refractivity contribution in [2.45, 2.75) is 52.0 Å². The standard InChI is InChI=1S/C16H26N2O/c1-3-5-11-18-12-7-6-8-15(18)14-9-10-16(17-13-14)19-4-2/h9-10,13,15H,3-8,11-12H2,1-2H3/t15-/m0/s1. The Labute approximate surface area is 117 Å². The molecule has 2 heterocycles. The minimum atomic E-state index is 0.559. The largest absolute Gasteiger partial charge is 0.478 e. The number of likely N-dealkylation sites (tertiary alicyclic amines) is 1. The molecule has 1 fully saturated rings. The molecule has 1 aliphatic rings. The molecule has 0 unspecified atom stereocenters. The fourth-order valence-electron chi connectivity index (χ4n) is 2.82. The van der Waals surface area contributed by atoms with Gasteiger partial charge in [-0.2, -0.15) is 0 Å². The van der Waals surface area contributed by atoms with Gasteiger partial charge in [-0.15, -0.1) is 0 Å². The number of ether oxygens (including phenoxy) is 1. The molecule has 0 aliphatic carbocycles. The maximum Gasteiger partial charge on any atom is 0.213 e. The fourth-order valence-corrected chi connectivity index (χ4v) is 2.82. The highest BCUT2D eigenvalue weighted by Gasteiger charge is 2.23. The van der Waals surface area contributed by atoms with Gasteiger partial charge in [0.25, 0.3) is 0 Å². The van der Waals surface area contributed by atoms with Crippen LogP contribution in [-0.2, 0) is 0 Å². The van der Waals surface area contributed by atoms with Gasteiger partial charge in [-0.25, -0.2) is 4.98 Å². The zero-order valence-corrected chi connectivity index (χ0v) is 12.3. The molecule has 2 rings (SSSR count). The highest BCUT2D eigenvalue weighted by atomic mass is 16.5. The number of piperidine rings is 1. The van der Waals surface area contributed by atoms with E-state index in [1.807, 2.05) is 19.2 Å². The molecule has 0 amide bonds. The van der Waals surface area contributed by atoms with Crippen LogP contribution < -0.4 is 4.74 Å². The Bertz CT molecular complexity index is 364. The minimum Gasteiger partial charge on any atom is -0.478 e. The quantitative estimate of drug-likeness (QED) is 0.779. The second-order valence-electron chi connectivity index (χ2n) is 5.26. The van der Waals surface area contributed by atoms with Crippen LogP contribution >= 0.6 is 0 Å². The summed E-state index contributed by atoms with van der Waals surface area (Å²) in [5.74, 6) is 0.738.